The van der Waals surface area contributed by atoms with Crippen LogP contribution in [-0.4, -0.2) is 55.9 Å². The molecular formula is C20H21N7O5. The number of pyridine rings is 1. The van der Waals surface area contributed by atoms with Crippen molar-refractivity contribution in [2.75, 3.05) is 21.3 Å². The summed E-state index contributed by atoms with van der Waals surface area (Å²) in [7, 11) is 6.11. The second-order valence-corrected chi connectivity index (χ2v) is 6.52. The van der Waals surface area contributed by atoms with Crippen LogP contribution in [0.2, 0.25) is 0 Å². The number of aryl methyl sites for hydroxylation is 1. The van der Waals surface area contributed by atoms with Crippen LogP contribution in [0.3, 0.4) is 0 Å². The van der Waals surface area contributed by atoms with Gasteiger partial charge >= 0.3 is 5.69 Å². The fraction of sp³-hybridized carbons (Fsp3) is 0.250. The number of nitrogens with zero attached hydrogens (tertiary/aromatic N) is 7. The second kappa shape index (κ2) is 8.79. The van der Waals surface area contributed by atoms with Gasteiger partial charge in [-0.25, -0.2) is 9.48 Å². The second-order valence-electron chi connectivity index (χ2n) is 6.52. The highest BCUT2D eigenvalue weighted by Gasteiger charge is 2.17. The SMILES string of the molecule is COc1ccc(-n2ccc(OCc3c(OC)cccc3-n3nnn(C)c3=O)n2)c(OC)n1. The maximum atomic E-state index is 12.3. The Morgan fingerprint density at radius 1 is 0.906 bits per heavy atom. The van der Waals surface area contributed by atoms with E-state index in [2.05, 4.69) is 20.5 Å². The van der Waals surface area contributed by atoms with Crippen molar-refractivity contribution in [1.82, 2.24) is 34.6 Å². The Bertz CT molecular complexity index is 1290. The fourth-order valence-electron chi connectivity index (χ4n) is 3.07. The van der Waals surface area contributed by atoms with Gasteiger partial charge in [0.1, 0.15) is 18.0 Å². The van der Waals surface area contributed by atoms with E-state index in [1.807, 2.05) is 0 Å². The van der Waals surface area contributed by atoms with E-state index in [9.17, 15) is 4.79 Å². The highest BCUT2D eigenvalue weighted by atomic mass is 16.5. The number of hydrogen-bond acceptors (Lipinski definition) is 9. The third-order valence-corrected chi connectivity index (χ3v) is 4.67. The molecule has 0 bridgehead atoms. The number of aromatic nitrogens is 7. The van der Waals surface area contributed by atoms with Crippen LogP contribution in [0, 0.1) is 0 Å². The van der Waals surface area contributed by atoms with Crippen molar-refractivity contribution in [1.29, 1.82) is 0 Å². The van der Waals surface area contributed by atoms with Crippen LogP contribution < -0.4 is 24.6 Å². The van der Waals surface area contributed by atoms with Gasteiger partial charge in [-0.3, -0.25) is 0 Å². The molecule has 0 fully saturated rings. The predicted molar refractivity (Wildman–Crippen MR) is 112 cm³/mol. The summed E-state index contributed by atoms with van der Waals surface area (Å²) in [5.74, 6) is 1.68. The van der Waals surface area contributed by atoms with E-state index < -0.39 is 0 Å². The number of hydrogen-bond donors (Lipinski definition) is 0. The Morgan fingerprint density at radius 3 is 2.44 bits per heavy atom. The minimum atomic E-state index is -0.386. The van der Waals surface area contributed by atoms with E-state index in [0.29, 0.717) is 40.3 Å². The van der Waals surface area contributed by atoms with Crippen molar-refractivity contribution in [2.45, 2.75) is 6.61 Å². The van der Waals surface area contributed by atoms with Gasteiger partial charge in [-0.2, -0.15) is 14.3 Å². The number of rotatable bonds is 8. The molecule has 0 radical (unpaired) electrons. The molecule has 3 aromatic heterocycles. The summed E-state index contributed by atoms with van der Waals surface area (Å²) in [6.07, 6.45) is 1.72. The van der Waals surface area contributed by atoms with Crippen molar-refractivity contribution in [2.24, 2.45) is 7.05 Å². The highest BCUT2D eigenvalue weighted by Crippen LogP contribution is 2.27. The largest absolute Gasteiger partial charge is 0.496 e. The third kappa shape index (κ3) is 3.85. The summed E-state index contributed by atoms with van der Waals surface area (Å²) in [5, 5.41) is 12.1. The van der Waals surface area contributed by atoms with Gasteiger partial charge in [0.15, 0.2) is 0 Å². The standard InChI is InChI=1S/C20H21N7O5/c1-25-20(28)27(24-23-25)14-6-5-7-16(29-2)13(14)12-32-18-10-11-26(22-18)15-8-9-17(30-3)21-19(15)31-4/h5-11H,12H2,1-4H3. The molecular weight excluding hydrogens is 418 g/mol. The average Bonchev–Trinajstić information content (AvgIpc) is 3.43. The van der Waals surface area contributed by atoms with E-state index in [1.165, 1.54) is 25.9 Å². The molecule has 4 aromatic rings. The molecule has 0 spiro atoms. The number of ether oxygens (including phenoxy) is 4. The Balaban J connectivity index is 1.61. The normalized spacial score (nSPS) is 10.8. The molecule has 0 saturated heterocycles. The van der Waals surface area contributed by atoms with E-state index in [1.54, 1.807) is 54.4 Å². The first kappa shape index (κ1) is 20.9. The van der Waals surface area contributed by atoms with Gasteiger partial charge in [-0.1, -0.05) is 6.07 Å². The van der Waals surface area contributed by atoms with Crippen molar-refractivity contribution in [3.8, 4) is 34.8 Å². The first-order valence-corrected chi connectivity index (χ1v) is 9.48. The van der Waals surface area contributed by atoms with Crippen molar-refractivity contribution < 1.29 is 18.9 Å². The molecule has 0 aliphatic carbocycles. The summed E-state index contributed by atoms with van der Waals surface area (Å²) in [5.41, 5.74) is 1.36. The zero-order valence-electron chi connectivity index (χ0n) is 17.9. The van der Waals surface area contributed by atoms with Crippen molar-refractivity contribution >= 4 is 0 Å². The predicted octanol–water partition coefficient (Wildman–Crippen LogP) is 1.15. The molecule has 0 saturated carbocycles. The molecule has 0 unspecified atom stereocenters. The van der Waals surface area contributed by atoms with Crippen LogP contribution >= 0.6 is 0 Å². The summed E-state index contributed by atoms with van der Waals surface area (Å²) in [6, 6.07) is 10.5. The van der Waals surface area contributed by atoms with Crippen molar-refractivity contribution in [3.63, 3.8) is 0 Å². The lowest BCUT2D eigenvalue weighted by Gasteiger charge is -2.13. The van der Waals surface area contributed by atoms with E-state index in [0.717, 1.165) is 4.68 Å². The van der Waals surface area contributed by atoms with Gasteiger partial charge in [0, 0.05) is 25.4 Å². The van der Waals surface area contributed by atoms with Gasteiger partial charge in [-0.05, 0) is 28.6 Å². The molecule has 0 atom stereocenters. The molecule has 12 nitrogen and oxygen atoms in total. The van der Waals surface area contributed by atoms with Crippen LogP contribution in [-0.2, 0) is 13.7 Å². The maximum Gasteiger partial charge on any atom is 0.368 e. The van der Waals surface area contributed by atoms with Gasteiger partial charge < -0.3 is 18.9 Å². The highest BCUT2D eigenvalue weighted by molar-refractivity contribution is 5.49. The monoisotopic (exact) mass is 439 g/mol. The summed E-state index contributed by atoms with van der Waals surface area (Å²) >= 11 is 0. The molecule has 12 heteroatoms. The summed E-state index contributed by atoms with van der Waals surface area (Å²) < 4.78 is 25.7. The molecule has 166 valence electrons. The van der Waals surface area contributed by atoms with Crippen LogP contribution in [0.25, 0.3) is 11.4 Å². The van der Waals surface area contributed by atoms with Crippen LogP contribution in [0.15, 0.2) is 47.4 Å². The minimum absolute atomic E-state index is 0.0807. The van der Waals surface area contributed by atoms with Gasteiger partial charge in [0.05, 0.1) is 32.6 Å². The lowest BCUT2D eigenvalue weighted by molar-refractivity contribution is 0.283. The van der Waals surface area contributed by atoms with Gasteiger partial charge in [0.2, 0.25) is 17.6 Å². The first-order chi connectivity index (χ1) is 15.5. The zero-order chi connectivity index (χ0) is 22.7. The van der Waals surface area contributed by atoms with Crippen LogP contribution in [0.4, 0.5) is 0 Å². The maximum absolute atomic E-state index is 12.3. The van der Waals surface area contributed by atoms with Crippen molar-refractivity contribution in [3.05, 3.63) is 58.6 Å². The summed E-state index contributed by atoms with van der Waals surface area (Å²) in [4.78, 5) is 16.6. The molecule has 32 heavy (non-hydrogen) atoms. The molecule has 0 aliphatic heterocycles. The third-order valence-electron chi connectivity index (χ3n) is 4.67. The van der Waals surface area contributed by atoms with Crippen LogP contribution in [0.5, 0.6) is 23.4 Å². The van der Waals surface area contributed by atoms with Gasteiger partial charge in [0.25, 0.3) is 0 Å². The van der Waals surface area contributed by atoms with Crippen LogP contribution in [0.1, 0.15) is 5.56 Å². The average molecular weight is 439 g/mol. The van der Waals surface area contributed by atoms with E-state index in [4.69, 9.17) is 18.9 Å². The Morgan fingerprint density at radius 2 is 1.75 bits per heavy atom. The van der Waals surface area contributed by atoms with Gasteiger partial charge in [-0.15, -0.1) is 5.10 Å². The Labute approximate surface area is 182 Å². The molecule has 4 rings (SSSR count). The number of tetrazole rings is 1. The molecule has 0 aliphatic rings. The smallest absolute Gasteiger partial charge is 0.368 e. The lowest BCUT2D eigenvalue weighted by atomic mass is 10.1. The first-order valence-electron chi connectivity index (χ1n) is 9.48. The fourth-order valence-corrected chi connectivity index (χ4v) is 3.07. The van der Waals surface area contributed by atoms with E-state index >= 15 is 0 Å². The molecule has 0 amide bonds. The number of methoxy groups -OCH3 is 3. The number of benzene rings is 1. The molecule has 1 aromatic carbocycles. The lowest BCUT2D eigenvalue weighted by Crippen LogP contribution is -2.23. The Kier molecular flexibility index (Phi) is 5.75. The molecule has 3 heterocycles. The minimum Gasteiger partial charge on any atom is -0.496 e. The zero-order valence-corrected chi connectivity index (χ0v) is 17.9. The Hall–Kier alpha value is -4.35. The quantitative estimate of drug-likeness (QED) is 0.398. The molecule has 0 N–H and O–H groups in total. The summed E-state index contributed by atoms with van der Waals surface area (Å²) in [6.45, 7) is 0.0807. The van der Waals surface area contributed by atoms with E-state index in [-0.39, 0.29) is 12.3 Å². The topological polar surface area (TPSA) is 120 Å².